The molecule has 6 heteroatoms. The molecule has 2 N–H and O–H groups in total. The Hall–Kier alpha value is -0.170. The van der Waals surface area contributed by atoms with Crippen LogP contribution in [0.1, 0.15) is 39.5 Å². The van der Waals surface area contributed by atoms with Gasteiger partial charge in [-0.05, 0) is 18.8 Å². The lowest BCUT2D eigenvalue weighted by molar-refractivity contribution is -0.0304. The maximum absolute atomic E-state index is 11.3. The van der Waals surface area contributed by atoms with Crippen LogP contribution in [-0.2, 0) is 14.6 Å². The van der Waals surface area contributed by atoms with Gasteiger partial charge in [0.1, 0.15) is 0 Å². The van der Waals surface area contributed by atoms with Crippen molar-refractivity contribution in [2.75, 3.05) is 31.2 Å². The quantitative estimate of drug-likeness (QED) is 0.621. The molecular formula is C14H29NO4S. The van der Waals surface area contributed by atoms with Crippen LogP contribution in [0.15, 0.2) is 0 Å². The molecule has 0 aromatic heterocycles. The maximum atomic E-state index is 11.3. The van der Waals surface area contributed by atoms with Crippen molar-refractivity contribution in [2.45, 2.75) is 51.7 Å². The molecule has 0 saturated heterocycles. The van der Waals surface area contributed by atoms with Crippen molar-refractivity contribution in [3.63, 3.8) is 0 Å². The highest BCUT2D eigenvalue weighted by atomic mass is 32.2. The normalized spacial score (nSPS) is 25.6. The van der Waals surface area contributed by atoms with E-state index in [2.05, 4.69) is 12.2 Å². The summed E-state index contributed by atoms with van der Waals surface area (Å²) in [4.78, 5) is 0. The molecule has 5 nitrogen and oxygen atoms in total. The lowest BCUT2D eigenvalue weighted by atomic mass is 9.89. The molecule has 0 aromatic rings. The molecule has 20 heavy (non-hydrogen) atoms. The van der Waals surface area contributed by atoms with Gasteiger partial charge in [-0.3, -0.25) is 0 Å². The molecule has 0 bridgehead atoms. The van der Waals surface area contributed by atoms with E-state index in [9.17, 15) is 13.5 Å². The number of aliphatic hydroxyl groups is 1. The Labute approximate surface area is 123 Å². The summed E-state index contributed by atoms with van der Waals surface area (Å²) in [5, 5.41) is 12.8. The minimum Gasteiger partial charge on any atom is -0.389 e. The Morgan fingerprint density at radius 1 is 1.40 bits per heavy atom. The monoisotopic (exact) mass is 307 g/mol. The number of hydrogen-bond donors (Lipinski definition) is 2. The molecule has 1 saturated carbocycles. The zero-order valence-corrected chi connectivity index (χ0v) is 13.5. The third kappa shape index (κ3) is 7.57. The fraction of sp³-hybridized carbons (Fsp3) is 1.00. The van der Waals surface area contributed by atoms with E-state index in [1.807, 2.05) is 0 Å². The van der Waals surface area contributed by atoms with Crippen LogP contribution < -0.4 is 5.32 Å². The summed E-state index contributed by atoms with van der Waals surface area (Å²) in [6.07, 6.45) is 4.34. The van der Waals surface area contributed by atoms with Crippen molar-refractivity contribution in [3.05, 3.63) is 0 Å². The van der Waals surface area contributed by atoms with Crippen molar-refractivity contribution in [2.24, 2.45) is 5.92 Å². The molecular weight excluding hydrogens is 278 g/mol. The summed E-state index contributed by atoms with van der Waals surface area (Å²) in [5.74, 6) is 1.00. The molecule has 120 valence electrons. The van der Waals surface area contributed by atoms with Gasteiger partial charge in [0, 0.05) is 18.8 Å². The first-order valence-corrected chi connectivity index (χ1v) is 9.46. The highest BCUT2D eigenvalue weighted by molar-refractivity contribution is 7.91. The molecule has 1 aliphatic carbocycles. The Morgan fingerprint density at radius 2 is 2.15 bits per heavy atom. The van der Waals surface area contributed by atoms with E-state index in [-0.39, 0.29) is 17.6 Å². The van der Waals surface area contributed by atoms with Gasteiger partial charge >= 0.3 is 0 Å². The van der Waals surface area contributed by atoms with Crippen LogP contribution in [-0.4, -0.2) is 56.9 Å². The van der Waals surface area contributed by atoms with E-state index in [4.69, 9.17) is 4.74 Å². The van der Waals surface area contributed by atoms with Crippen molar-refractivity contribution in [3.8, 4) is 0 Å². The van der Waals surface area contributed by atoms with E-state index in [0.717, 1.165) is 12.8 Å². The second-order valence-corrected chi connectivity index (χ2v) is 8.29. The van der Waals surface area contributed by atoms with Gasteiger partial charge in [-0.2, -0.15) is 0 Å². The van der Waals surface area contributed by atoms with Crippen LogP contribution in [0.25, 0.3) is 0 Å². The van der Waals surface area contributed by atoms with Crippen LogP contribution in [0.5, 0.6) is 0 Å². The molecule has 0 heterocycles. The fourth-order valence-corrected chi connectivity index (χ4v) is 3.22. The Bertz CT molecular complexity index is 358. The topological polar surface area (TPSA) is 75.6 Å². The summed E-state index contributed by atoms with van der Waals surface area (Å²) in [5.41, 5.74) is 0. The van der Waals surface area contributed by atoms with Crippen LogP contribution >= 0.6 is 0 Å². The summed E-state index contributed by atoms with van der Waals surface area (Å²) in [7, 11) is -2.93. The minimum absolute atomic E-state index is 0.122. The average molecular weight is 307 g/mol. The molecule has 1 fully saturated rings. The zero-order chi connectivity index (χ0) is 15.0. The summed E-state index contributed by atoms with van der Waals surface area (Å²) >= 11 is 0. The predicted octanol–water partition coefficient (Wildman–Crippen LogP) is 0.967. The lowest BCUT2D eigenvalue weighted by Crippen LogP contribution is -2.35. The van der Waals surface area contributed by atoms with Gasteiger partial charge in [-0.25, -0.2) is 8.42 Å². The second-order valence-electron chi connectivity index (χ2n) is 5.82. The second kappa shape index (κ2) is 8.97. The third-order valence-electron chi connectivity index (χ3n) is 3.82. The molecule has 0 amide bonds. The first kappa shape index (κ1) is 17.9. The third-order valence-corrected chi connectivity index (χ3v) is 5.53. The molecule has 0 aromatic carbocycles. The number of rotatable bonds is 9. The average Bonchev–Trinajstić information content (AvgIpc) is 2.41. The van der Waals surface area contributed by atoms with Gasteiger partial charge in [0.15, 0.2) is 9.84 Å². The first-order chi connectivity index (χ1) is 9.43. The molecule has 1 aliphatic rings. The van der Waals surface area contributed by atoms with Crippen molar-refractivity contribution < 1.29 is 18.3 Å². The maximum Gasteiger partial charge on any atom is 0.151 e. The molecule has 3 atom stereocenters. The van der Waals surface area contributed by atoms with E-state index >= 15 is 0 Å². The number of hydrogen-bond acceptors (Lipinski definition) is 5. The smallest absolute Gasteiger partial charge is 0.151 e. The number of aliphatic hydroxyl groups excluding tert-OH is 1. The van der Waals surface area contributed by atoms with E-state index < -0.39 is 15.9 Å². The van der Waals surface area contributed by atoms with Gasteiger partial charge < -0.3 is 15.2 Å². The molecule has 3 unspecified atom stereocenters. The standard InChI is InChI=1S/C14H29NO4S/c1-3-20(17,18)8-7-15-10-13(16)11-19-14-6-4-5-12(2)9-14/h12-16H,3-11H2,1-2H3. The van der Waals surface area contributed by atoms with E-state index in [1.54, 1.807) is 6.92 Å². The minimum atomic E-state index is -2.93. The van der Waals surface area contributed by atoms with Gasteiger partial charge in [-0.1, -0.05) is 26.7 Å². The largest absolute Gasteiger partial charge is 0.389 e. The van der Waals surface area contributed by atoms with Crippen LogP contribution in [0.2, 0.25) is 0 Å². The lowest BCUT2D eigenvalue weighted by Gasteiger charge is -2.27. The van der Waals surface area contributed by atoms with Crippen molar-refractivity contribution >= 4 is 9.84 Å². The SMILES string of the molecule is CCS(=O)(=O)CCNCC(O)COC1CCCC(C)C1. The van der Waals surface area contributed by atoms with Crippen molar-refractivity contribution in [1.29, 1.82) is 0 Å². The van der Waals surface area contributed by atoms with Crippen LogP contribution in [0.3, 0.4) is 0 Å². The summed E-state index contributed by atoms with van der Waals surface area (Å²) < 4.78 is 28.3. The Morgan fingerprint density at radius 3 is 2.80 bits per heavy atom. The van der Waals surface area contributed by atoms with Gasteiger partial charge in [0.05, 0.1) is 24.6 Å². The predicted molar refractivity (Wildman–Crippen MR) is 80.6 cm³/mol. The zero-order valence-electron chi connectivity index (χ0n) is 12.7. The fourth-order valence-electron chi connectivity index (χ4n) is 2.48. The molecule has 0 radical (unpaired) electrons. The molecule has 0 spiro atoms. The number of nitrogens with one attached hydrogen (secondary N) is 1. The first-order valence-electron chi connectivity index (χ1n) is 7.63. The number of sulfone groups is 1. The number of ether oxygens (including phenoxy) is 1. The van der Waals surface area contributed by atoms with E-state index in [1.165, 1.54) is 12.8 Å². The highest BCUT2D eigenvalue weighted by Gasteiger charge is 2.20. The highest BCUT2D eigenvalue weighted by Crippen LogP contribution is 2.25. The van der Waals surface area contributed by atoms with Crippen LogP contribution in [0.4, 0.5) is 0 Å². The Balaban J connectivity index is 2.07. The Kier molecular flexibility index (Phi) is 8.02. The van der Waals surface area contributed by atoms with Crippen molar-refractivity contribution in [1.82, 2.24) is 5.32 Å². The van der Waals surface area contributed by atoms with E-state index in [0.29, 0.717) is 25.6 Å². The van der Waals surface area contributed by atoms with Gasteiger partial charge in [-0.15, -0.1) is 0 Å². The van der Waals surface area contributed by atoms with Crippen LogP contribution in [0, 0.1) is 5.92 Å². The van der Waals surface area contributed by atoms with Gasteiger partial charge in [0.2, 0.25) is 0 Å². The summed E-state index contributed by atoms with van der Waals surface area (Å²) in [6.45, 7) is 4.96. The molecule has 1 rings (SSSR count). The molecule has 0 aliphatic heterocycles. The summed E-state index contributed by atoms with van der Waals surface area (Å²) in [6, 6.07) is 0. The van der Waals surface area contributed by atoms with Gasteiger partial charge in [0.25, 0.3) is 0 Å².